The van der Waals surface area contributed by atoms with Crippen LogP contribution < -0.4 is 5.32 Å². The van der Waals surface area contributed by atoms with Crippen LogP contribution in [0.2, 0.25) is 0 Å². The molecule has 3 heterocycles. The van der Waals surface area contributed by atoms with Crippen LogP contribution in [0.1, 0.15) is 75.8 Å². The first kappa shape index (κ1) is 27.4. The number of rotatable bonds is 12. The minimum absolute atomic E-state index is 0.0118. The second-order valence-electron chi connectivity index (χ2n) is 11.4. The van der Waals surface area contributed by atoms with Gasteiger partial charge in [0.25, 0.3) is 0 Å². The maximum atomic E-state index is 6.71. The monoisotopic (exact) mass is 525 g/mol. The van der Waals surface area contributed by atoms with Crippen LogP contribution in [0.5, 0.6) is 0 Å². The van der Waals surface area contributed by atoms with E-state index in [-0.39, 0.29) is 17.6 Å². The Balaban J connectivity index is 1.07. The van der Waals surface area contributed by atoms with E-state index in [1.165, 1.54) is 11.1 Å². The zero-order valence-electron chi connectivity index (χ0n) is 23.7. The van der Waals surface area contributed by atoms with Gasteiger partial charge < -0.3 is 15.0 Å². The summed E-state index contributed by atoms with van der Waals surface area (Å²) in [5, 5.41) is 8.26. The molecule has 0 aliphatic carbocycles. The highest BCUT2D eigenvalue weighted by Gasteiger charge is 2.25. The number of piperidine rings is 1. The Labute approximate surface area is 233 Å². The van der Waals surface area contributed by atoms with Crippen molar-refractivity contribution in [1.82, 2.24) is 19.5 Å². The highest BCUT2D eigenvalue weighted by Crippen LogP contribution is 2.30. The molecule has 0 bridgehead atoms. The number of nitrogens with one attached hydrogen (secondary N) is 1. The van der Waals surface area contributed by atoms with Gasteiger partial charge in [0.2, 0.25) is 0 Å². The number of aromatic nitrogens is 3. The molecule has 4 aromatic rings. The molecule has 1 aliphatic rings. The van der Waals surface area contributed by atoms with Gasteiger partial charge in [0.15, 0.2) is 5.65 Å². The van der Waals surface area contributed by atoms with Gasteiger partial charge in [-0.2, -0.15) is 0 Å². The maximum absolute atomic E-state index is 6.71. The predicted molar refractivity (Wildman–Crippen MR) is 159 cm³/mol. The Kier molecular flexibility index (Phi) is 8.95. The number of nitrogens with zero attached hydrogens (tertiary/aromatic N) is 4. The third kappa shape index (κ3) is 7.06. The summed E-state index contributed by atoms with van der Waals surface area (Å²) in [6.07, 6.45) is 7.84. The minimum atomic E-state index is -0.0118. The van der Waals surface area contributed by atoms with Gasteiger partial charge in [-0.15, -0.1) is 5.10 Å². The third-order valence-corrected chi connectivity index (χ3v) is 7.91. The van der Waals surface area contributed by atoms with E-state index in [1.54, 1.807) is 0 Å². The van der Waals surface area contributed by atoms with E-state index >= 15 is 0 Å². The summed E-state index contributed by atoms with van der Waals surface area (Å²) in [6.45, 7) is 10.9. The number of likely N-dealkylation sites (tertiary alicyclic amines) is 1. The van der Waals surface area contributed by atoms with Crippen molar-refractivity contribution in [2.75, 3.05) is 31.5 Å². The fourth-order valence-electron chi connectivity index (χ4n) is 5.64. The Morgan fingerprint density at radius 3 is 2.26 bits per heavy atom. The molecule has 1 N–H and O–H groups in total. The molecule has 2 aromatic heterocycles. The number of hydrogen-bond donors (Lipinski definition) is 1. The first-order valence-corrected chi connectivity index (χ1v) is 14.6. The topological polar surface area (TPSA) is 54.7 Å². The lowest BCUT2D eigenvalue weighted by Gasteiger charge is -2.34. The van der Waals surface area contributed by atoms with Crippen LogP contribution >= 0.6 is 0 Å². The first-order chi connectivity index (χ1) is 19.0. The van der Waals surface area contributed by atoms with E-state index in [4.69, 9.17) is 14.8 Å². The number of fused-ring (bicyclic) bond motifs is 1. The molecule has 0 saturated carbocycles. The van der Waals surface area contributed by atoms with Gasteiger partial charge in [0, 0.05) is 25.0 Å². The number of anilines is 1. The normalized spacial score (nSPS) is 15.3. The van der Waals surface area contributed by atoms with Gasteiger partial charge in [-0.1, -0.05) is 87.9 Å². The summed E-state index contributed by atoms with van der Waals surface area (Å²) in [7, 11) is 0. The van der Waals surface area contributed by atoms with Crippen molar-refractivity contribution < 1.29 is 4.74 Å². The SMILES string of the molecule is CCCC(C)(C)c1cn2nc(NCCCN3CCC(OC(c4ccccc4)c4ccccc4)CC3)ccc2n1. The smallest absolute Gasteiger partial charge is 0.153 e. The number of benzene rings is 2. The third-order valence-electron chi connectivity index (χ3n) is 7.91. The van der Waals surface area contributed by atoms with E-state index in [0.29, 0.717) is 0 Å². The summed E-state index contributed by atoms with van der Waals surface area (Å²) in [5.41, 5.74) is 4.53. The molecular weight excluding hydrogens is 482 g/mol. The fourth-order valence-corrected chi connectivity index (χ4v) is 5.64. The summed E-state index contributed by atoms with van der Waals surface area (Å²) in [5.74, 6) is 0.903. The van der Waals surface area contributed by atoms with Gasteiger partial charge >= 0.3 is 0 Å². The molecule has 5 rings (SSSR count). The standard InChI is InChI=1S/C33H43N5O/c1-4-20-33(2,3)29-25-38-31(35-29)17-16-30(36-38)34-21-11-22-37-23-18-28(19-24-37)39-32(26-12-7-5-8-13-26)27-14-9-6-10-15-27/h5-10,12-17,25,28,32H,4,11,18-24H2,1-3H3,(H,34,36). The van der Waals surface area contributed by atoms with Gasteiger partial charge in [-0.3, -0.25) is 0 Å². The van der Waals surface area contributed by atoms with E-state index in [1.807, 2.05) is 10.6 Å². The Morgan fingerprint density at radius 2 is 1.62 bits per heavy atom. The van der Waals surface area contributed by atoms with Crippen molar-refractivity contribution >= 4 is 11.5 Å². The number of ether oxygens (including phenoxy) is 1. The molecule has 0 unspecified atom stereocenters. The van der Waals surface area contributed by atoms with Crippen LogP contribution in [0.25, 0.3) is 5.65 Å². The molecule has 2 aromatic carbocycles. The summed E-state index contributed by atoms with van der Waals surface area (Å²) >= 11 is 0. The van der Waals surface area contributed by atoms with Gasteiger partial charge in [-0.25, -0.2) is 9.50 Å². The average Bonchev–Trinajstić information content (AvgIpc) is 3.40. The highest BCUT2D eigenvalue weighted by molar-refractivity contribution is 5.46. The first-order valence-electron chi connectivity index (χ1n) is 14.6. The van der Waals surface area contributed by atoms with Crippen LogP contribution in [0.15, 0.2) is 79.0 Å². The molecule has 6 heteroatoms. The fraction of sp³-hybridized carbons (Fsp3) is 0.455. The van der Waals surface area contributed by atoms with Gasteiger partial charge in [0.1, 0.15) is 11.9 Å². The lowest BCUT2D eigenvalue weighted by atomic mass is 9.85. The summed E-state index contributed by atoms with van der Waals surface area (Å²) in [6, 6.07) is 25.3. The van der Waals surface area contributed by atoms with Crippen molar-refractivity contribution in [3.8, 4) is 0 Å². The zero-order valence-corrected chi connectivity index (χ0v) is 23.7. The van der Waals surface area contributed by atoms with Crippen LogP contribution in [-0.4, -0.2) is 51.8 Å². The van der Waals surface area contributed by atoms with Crippen molar-refractivity contribution in [3.63, 3.8) is 0 Å². The lowest BCUT2D eigenvalue weighted by molar-refractivity contribution is -0.0269. The maximum Gasteiger partial charge on any atom is 0.153 e. The van der Waals surface area contributed by atoms with Crippen LogP contribution in [0.4, 0.5) is 5.82 Å². The highest BCUT2D eigenvalue weighted by atomic mass is 16.5. The number of hydrogen-bond acceptors (Lipinski definition) is 5. The quantitative estimate of drug-likeness (QED) is 0.204. The van der Waals surface area contributed by atoms with Crippen molar-refractivity contribution in [2.45, 2.75) is 70.5 Å². The van der Waals surface area contributed by atoms with Crippen molar-refractivity contribution in [2.24, 2.45) is 0 Å². The van der Waals surface area contributed by atoms with E-state index in [0.717, 1.165) is 75.4 Å². The van der Waals surface area contributed by atoms with Gasteiger partial charge in [0.05, 0.1) is 18.0 Å². The van der Waals surface area contributed by atoms with Crippen molar-refractivity contribution in [3.05, 3.63) is 95.8 Å². The molecule has 6 nitrogen and oxygen atoms in total. The Hall–Kier alpha value is -3.22. The van der Waals surface area contributed by atoms with Crippen LogP contribution in [0.3, 0.4) is 0 Å². The van der Waals surface area contributed by atoms with Gasteiger partial charge in [-0.05, 0) is 55.5 Å². The van der Waals surface area contributed by atoms with Crippen LogP contribution in [-0.2, 0) is 10.2 Å². The molecule has 0 amide bonds. The molecule has 1 saturated heterocycles. The van der Waals surface area contributed by atoms with Crippen LogP contribution in [0, 0.1) is 0 Å². The molecule has 0 atom stereocenters. The molecule has 0 radical (unpaired) electrons. The zero-order chi connectivity index (χ0) is 27.1. The molecule has 39 heavy (non-hydrogen) atoms. The largest absolute Gasteiger partial charge is 0.369 e. The van der Waals surface area contributed by atoms with E-state index in [2.05, 4.69) is 104 Å². The molecule has 206 valence electrons. The van der Waals surface area contributed by atoms with Crippen molar-refractivity contribution in [1.29, 1.82) is 0 Å². The number of imidazole rings is 1. The summed E-state index contributed by atoms with van der Waals surface area (Å²) in [4.78, 5) is 7.38. The Morgan fingerprint density at radius 1 is 0.949 bits per heavy atom. The molecule has 0 spiro atoms. The molecule has 1 fully saturated rings. The second kappa shape index (κ2) is 12.8. The molecular formula is C33H43N5O. The van der Waals surface area contributed by atoms with E-state index < -0.39 is 0 Å². The van der Waals surface area contributed by atoms with E-state index in [9.17, 15) is 0 Å². The Bertz CT molecular complexity index is 1260. The average molecular weight is 526 g/mol. The molecule has 1 aliphatic heterocycles. The second-order valence-corrected chi connectivity index (χ2v) is 11.4. The minimum Gasteiger partial charge on any atom is -0.369 e. The lowest BCUT2D eigenvalue weighted by Crippen LogP contribution is -2.38. The predicted octanol–water partition coefficient (Wildman–Crippen LogP) is 6.88. The summed E-state index contributed by atoms with van der Waals surface area (Å²) < 4.78 is 8.63.